The van der Waals surface area contributed by atoms with Gasteiger partial charge in [0.2, 0.25) is 17.6 Å². The second-order valence-electron chi connectivity index (χ2n) is 8.46. The minimum atomic E-state index is -1.00. The van der Waals surface area contributed by atoms with Crippen molar-refractivity contribution in [1.29, 1.82) is 0 Å². The average molecular weight is 383 g/mol. The number of ketones is 1. The number of benzene rings is 1. The lowest BCUT2D eigenvalue weighted by Crippen LogP contribution is -2.45. The van der Waals surface area contributed by atoms with E-state index in [-0.39, 0.29) is 41.3 Å². The van der Waals surface area contributed by atoms with Crippen LogP contribution in [0.3, 0.4) is 0 Å². The van der Waals surface area contributed by atoms with E-state index in [1.165, 1.54) is 6.92 Å². The Labute approximate surface area is 164 Å². The molecule has 28 heavy (non-hydrogen) atoms. The molecule has 1 saturated heterocycles. The molecule has 2 amide bonds. The predicted molar refractivity (Wildman–Crippen MR) is 100 cm³/mol. The molecule has 1 aromatic rings. The molecule has 1 heterocycles. The topological polar surface area (TPSA) is 80.8 Å². The number of carbonyl (C=O) groups is 4. The molecule has 2 saturated carbocycles. The fraction of sp³-hybridized carbons (Fsp3) is 0.545. The van der Waals surface area contributed by atoms with E-state index in [1.54, 1.807) is 6.07 Å². The molecule has 5 atom stereocenters. The van der Waals surface area contributed by atoms with Gasteiger partial charge in [-0.25, -0.2) is 4.79 Å². The highest BCUT2D eigenvalue weighted by molar-refractivity contribution is 6.08. The third-order valence-corrected chi connectivity index (χ3v) is 6.73. The Morgan fingerprint density at radius 3 is 2.32 bits per heavy atom. The van der Waals surface area contributed by atoms with Crippen LogP contribution in [0.2, 0.25) is 0 Å². The summed E-state index contributed by atoms with van der Waals surface area (Å²) in [5.41, 5.74) is 2.27. The van der Waals surface area contributed by atoms with Crippen molar-refractivity contribution in [2.24, 2.45) is 23.7 Å². The lowest BCUT2D eigenvalue weighted by Gasteiger charge is -2.23. The number of rotatable bonds is 5. The molecule has 0 radical (unpaired) electrons. The van der Waals surface area contributed by atoms with Gasteiger partial charge in [0.25, 0.3) is 0 Å². The van der Waals surface area contributed by atoms with Gasteiger partial charge in [-0.3, -0.25) is 19.3 Å². The van der Waals surface area contributed by atoms with Crippen LogP contribution in [0.1, 0.15) is 47.7 Å². The fourth-order valence-electron chi connectivity index (χ4n) is 5.29. The largest absolute Gasteiger partial charge is 0.456 e. The van der Waals surface area contributed by atoms with Gasteiger partial charge in [-0.05, 0) is 63.5 Å². The quantitative estimate of drug-likeness (QED) is 0.443. The number of aryl methyl sites for hydroxylation is 2. The number of carbonyl (C=O) groups excluding carboxylic acids is 4. The SMILES string of the molecule is Cc1ccc(C)c(C(=O)COC(=O)[C@@H](C)N2C(=O)[C@@H]3[C@@H]4CC[C@@H](C4)[C@@H]3C2=O)c1. The number of esters is 1. The van der Waals surface area contributed by atoms with Crippen LogP contribution in [0.4, 0.5) is 0 Å². The van der Waals surface area contributed by atoms with Crippen LogP contribution in [0, 0.1) is 37.5 Å². The molecule has 6 nitrogen and oxygen atoms in total. The van der Waals surface area contributed by atoms with Crippen LogP contribution in [0.5, 0.6) is 0 Å². The zero-order valence-corrected chi connectivity index (χ0v) is 16.4. The lowest BCUT2D eigenvalue weighted by molar-refractivity contribution is -0.157. The highest BCUT2D eigenvalue weighted by atomic mass is 16.5. The number of hydrogen-bond donors (Lipinski definition) is 0. The zero-order valence-electron chi connectivity index (χ0n) is 16.4. The summed E-state index contributed by atoms with van der Waals surface area (Å²) in [6.07, 6.45) is 2.92. The molecule has 148 valence electrons. The summed E-state index contributed by atoms with van der Waals surface area (Å²) in [6.45, 7) is 4.82. The Balaban J connectivity index is 1.41. The van der Waals surface area contributed by atoms with Crippen LogP contribution in [0.15, 0.2) is 18.2 Å². The average Bonchev–Trinajstić information content (AvgIpc) is 3.34. The molecule has 1 aliphatic heterocycles. The summed E-state index contributed by atoms with van der Waals surface area (Å²) in [5, 5.41) is 0. The van der Waals surface area contributed by atoms with Crippen molar-refractivity contribution in [2.45, 2.75) is 46.1 Å². The molecule has 3 fully saturated rings. The van der Waals surface area contributed by atoms with Crippen molar-refractivity contribution in [3.63, 3.8) is 0 Å². The monoisotopic (exact) mass is 383 g/mol. The van der Waals surface area contributed by atoms with Gasteiger partial charge in [0.15, 0.2) is 6.61 Å². The standard InChI is InChI=1S/C22H25NO5/c1-11-4-5-12(2)16(8-11)17(24)10-28-22(27)13(3)23-20(25)18-14-6-7-15(9-14)19(18)21(23)26/h4-5,8,13-15,18-19H,6-7,9-10H2,1-3H3/t13-,14-,15+,18-,19+/m1/s1. The third kappa shape index (κ3) is 2.86. The first-order valence-electron chi connectivity index (χ1n) is 9.93. The Kier molecular flexibility index (Phi) is 4.60. The first-order chi connectivity index (χ1) is 13.3. The van der Waals surface area contributed by atoms with Gasteiger partial charge in [-0.15, -0.1) is 0 Å². The second-order valence-corrected chi connectivity index (χ2v) is 8.46. The van der Waals surface area contributed by atoms with Crippen molar-refractivity contribution in [2.75, 3.05) is 6.61 Å². The smallest absolute Gasteiger partial charge is 0.329 e. The number of likely N-dealkylation sites (tertiary alicyclic amines) is 1. The van der Waals surface area contributed by atoms with Gasteiger partial charge in [0.1, 0.15) is 6.04 Å². The Morgan fingerprint density at radius 1 is 1.11 bits per heavy atom. The van der Waals surface area contributed by atoms with E-state index < -0.39 is 18.6 Å². The summed E-state index contributed by atoms with van der Waals surface area (Å²) < 4.78 is 5.18. The summed E-state index contributed by atoms with van der Waals surface area (Å²) in [7, 11) is 0. The summed E-state index contributed by atoms with van der Waals surface area (Å²) in [6, 6.07) is 4.52. The van der Waals surface area contributed by atoms with Gasteiger partial charge < -0.3 is 4.74 Å². The summed E-state index contributed by atoms with van der Waals surface area (Å²) in [5.74, 6) is -1.49. The van der Waals surface area contributed by atoms with Crippen molar-refractivity contribution in [3.05, 3.63) is 34.9 Å². The second kappa shape index (κ2) is 6.83. The zero-order chi connectivity index (χ0) is 20.2. The van der Waals surface area contributed by atoms with Crippen molar-refractivity contribution in [1.82, 2.24) is 4.90 Å². The van der Waals surface area contributed by atoms with E-state index in [0.29, 0.717) is 5.56 Å². The number of hydrogen-bond acceptors (Lipinski definition) is 5. The highest BCUT2D eigenvalue weighted by Crippen LogP contribution is 2.56. The van der Waals surface area contributed by atoms with Gasteiger partial charge >= 0.3 is 5.97 Å². The van der Waals surface area contributed by atoms with Crippen molar-refractivity contribution >= 4 is 23.6 Å². The van der Waals surface area contributed by atoms with E-state index >= 15 is 0 Å². The van der Waals surface area contributed by atoms with E-state index in [0.717, 1.165) is 35.3 Å². The maximum absolute atomic E-state index is 12.8. The van der Waals surface area contributed by atoms with E-state index in [1.807, 2.05) is 26.0 Å². The van der Waals surface area contributed by atoms with Crippen LogP contribution in [-0.4, -0.2) is 41.1 Å². The molecule has 0 aromatic heterocycles. The molecule has 6 heteroatoms. The number of Topliss-reactive ketones (excluding diaryl/α,β-unsaturated/α-hetero) is 1. The number of ether oxygens (including phenoxy) is 1. The van der Waals surface area contributed by atoms with E-state index in [4.69, 9.17) is 4.74 Å². The van der Waals surface area contributed by atoms with Gasteiger partial charge in [0.05, 0.1) is 11.8 Å². The summed E-state index contributed by atoms with van der Waals surface area (Å²) in [4.78, 5) is 51.6. The molecule has 1 aromatic carbocycles. The normalized spacial score (nSPS) is 29.2. The molecule has 0 spiro atoms. The maximum Gasteiger partial charge on any atom is 0.329 e. The Morgan fingerprint density at radius 2 is 1.71 bits per heavy atom. The molecule has 0 N–H and O–H groups in total. The van der Waals surface area contributed by atoms with Crippen molar-refractivity contribution < 1.29 is 23.9 Å². The number of imide groups is 1. The van der Waals surface area contributed by atoms with Gasteiger partial charge in [0, 0.05) is 5.56 Å². The number of amides is 2. The van der Waals surface area contributed by atoms with Crippen molar-refractivity contribution in [3.8, 4) is 0 Å². The number of fused-ring (bicyclic) bond motifs is 5. The van der Waals surface area contributed by atoms with Crippen LogP contribution in [-0.2, 0) is 19.1 Å². The molecular weight excluding hydrogens is 358 g/mol. The fourth-order valence-corrected chi connectivity index (χ4v) is 5.29. The molecular formula is C22H25NO5. The van der Waals surface area contributed by atoms with Crippen LogP contribution < -0.4 is 0 Å². The molecule has 4 rings (SSSR count). The highest BCUT2D eigenvalue weighted by Gasteiger charge is 2.62. The van der Waals surface area contributed by atoms with E-state index in [2.05, 4.69) is 0 Å². The van der Waals surface area contributed by atoms with Gasteiger partial charge in [-0.2, -0.15) is 0 Å². The first kappa shape index (κ1) is 18.8. The summed E-state index contributed by atoms with van der Waals surface area (Å²) >= 11 is 0. The minimum Gasteiger partial charge on any atom is -0.456 e. The van der Waals surface area contributed by atoms with Crippen LogP contribution in [0.25, 0.3) is 0 Å². The number of nitrogens with zero attached hydrogens (tertiary/aromatic N) is 1. The van der Waals surface area contributed by atoms with E-state index in [9.17, 15) is 19.2 Å². The maximum atomic E-state index is 12.8. The first-order valence-corrected chi connectivity index (χ1v) is 9.93. The third-order valence-electron chi connectivity index (χ3n) is 6.73. The lowest BCUT2D eigenvalue weighted by atomic mass is 9.81. The predicted octanol–water partition coefficient (Wildman–Crippen LogP) is 2.45. The molecule has 0 unspecified atom stereocenters. The Hall–Kier alpha value is -2.50. The molecule has 3 aliphatic rings. The minimum absolute atomic E-state index is 0.243. The molecule has 2 bridgehead atoms. The van der Waals surface area contributed by atoms with Gasteiger partial charge in [-0.1, -0.05) is 17.7 Å². The van der Waals surface area contributed by atoms with Crippen LogP contribution >= 0.6 is 0 Å². The Bertz CT molecular complexity index is 848. The molecule has 2 aliphatic carbocycles.